The van der Waals surface area contributed by atoms with Crippen LogP contribution in [-0.2, 0) is 0 Å². The molecule has 2 aromatic carbocycles. The van der Waals surface area contributed by atoms with Gasteiger partial charge in [0.25, 0.3) is 11.5 Å². The molecule has 1 N–H and O–H groups in total. The quantitative estimate of drug-likeness (QED) is 0.527. The maximum Gasteiger partial charge on any atom is 0.271 e. The van der Waals surface area contributed by atoms with E-state index < -0.39 is 5.91 Å². The zero-order chi connectivity index (χ0) is 18.1. The largest absolute Gasteiger partial charge is 0.322 e. The molecule has 4 aromatic rings. The van der Waals surface area contributed by atoms with Crippen LogP contribution in [0.15, 0.2) is 75.4 Å². The molecule has 0 aliphatic heterocycles. The highest BCUT2D eigenvalue weighted by Gasteiger charge is 2.17. The minimum atomic E-state index is -0.482. The van der Waals surface area contributed by atoms with Crippen molar-refractivity contribution in [2.45, 2.75) is 0 Å². The number of nitrogens with one attached hydrogen (secondary N) is 1. The van der Waals surface area contributed by atoms with Gasteiger partial charge in [-0.3, -0.25) is 14.0 Å². The Morgan fingerprint density at radius 3 is 2.54 bits per heavy atom. The van der Waals surface area contributed by atoms with E-state index in [1.165, 1.54) is 21.9 Å². The van der Waals surface area contributed by atoms with Crippen LogP contribution in [0.1, 0.15) is 10.4 Å². The van der Waals surface area contributed by atoms with Crippen molar-refractivity contribution in [3.63, 3.8) is 0 Å². The Labute approximate surface area is 161 Å². The molecule has 0 fully saturated rings. The molecule has 5 nitrogen and oxygen atoms in total. The van der Waals surface area contributed by atoms with Crippen molar-refractivity contribution >= 4 is 43.8 Å². The van der Waals surface area contributed by atoms with Crippen molar-refractivity contribution in [3.05, 3.63) is 86.6 Å². The Kier molecular flexibility index (Phi) is 4.40. The van der Waals surface area contributed by atoms with Crippen LogP contribution in [0, 0.1) is 0 Å². The number of nitrogens with zero attached hydrogens (tertiary/aromatic N) is 2. The van der Waals surface area contributed by atoms with Gasteiger partial charge >= 0.3 is 0 Å². The number of hydrogen-bond donors (Lipinski definition) is 1. The molecule has 0 aliphatic rings. The van der Waals surface area contributed by atoms with Crippen molar-refractivity contribution in [3.8, 4) is 11.3 Å². The van der Waals surface area contributed by atoms with Gasteiger partial charge in [-0.25, -0.2) is 4.98 Å². The summed E-state index contributed by atoms with van der Waals surface area (Å²) in [6, 6.07) is 16.7. The van der Waals surface area contributed by atoms with Gasteiger partial charge in [0.2, 0.25) is 0 Å². The van der Waals surface area contributed by atoms with Crippen molar-refractivity contribution in [2.24, 2.45) is 0 Å². The molecule has 0 atom stereocenters. The highest BCUT2D eigenvalue weighted by molar-refractivity contribution is 9.10. The molecule has 0 radical (unpaired) electrons. The topological polar surface area (TPSA) is 63.5 Å². The standard InChI is InChI=1S/C19H12BrN3O2S/c20-13-6-8-14(9-7-13)22-17(24)15-10-21-19-23(18(15)25)16(11-26-19)12-4-2-1-3-5-12/h1-11H,(H,22,24). The van der Waals surface area contributed by atoms with Gasteiger partial charge in [0.15, 0.2) is 4.96 Å². The van der Waals surface area contributed by atoms with E-state index in [-0.39, 0.29) is 11.1 Å². The number of rotatable bonds is 3. The molecule has 7 heteroatoms. The average Bonchev–Trinajstić information content (AvgIpc) is 3.09. The molecule has 26 heavy (non-hydrogen) atoms. The molecule has 0 bridgehead atoms. The Morgan fingerprint density at radius 1 is 1.08 bits per heavy atom. The fourth-order valence-corrected chi connectivity index (χ4v) is 3.71. The third-order valence-corrected chi connectivity index (χ3v) is 5.23. The number of benzene rings is 2. The van der Waals surface area contributed by atoms with E-state index >= 15 is 0 Å². The van der Waals surface area contributed by atoms with Gasteiger partial charge in [0.1, 0.15) is 5.56 Å². The van der Waals surface area contributed by atoms with Gasteiger partial charge in [-0.05, 0) is 29.8 Å². The SMILES string of the molecule is O=C(Nc1ccc(Br)cc1)c1cnc2scc(-c3ccccc3)n2c1=O. The van der Waals surface area contributed by atoms with Gasteiger partial charge < -0.3 is 5.32 Å². The van der Waals surface area contributed by atoms with Crippen LogP contribution in [-0.4, -0.2) is 15.3 Å². The number of halogens is 1. The van der Waals surface area contributed by atoms with Crippen LogP contribution < -0.4 is 10.9 Å². The molecular weight excluding hydrogens is 414 g/mol. The first-order chi connectivity index (χ1) is 12.6. The number of thiazole rings is 1. The Hall–Kier alpha value is -2.77. The number of fused-ring (bicyclic) bond motifs is 1. The normalized spacial score (nSPS) is 10.8. The van der Waals surface area contributed by atoms with Crippen molar-refractivity contribution in [2.75, 3.05) is 5.32 Å². The summed E-state index contributed by atoms with van der Waals surface area (Å²) in [7, 11) is 0. The molecule has 4 rings (SSSR count). The Balaban J connectivity index is 1.77. The maximum absolute atomic E-state index is 12.9. The Bertz CT molecular complexity index is 1150. The number of hydrogen-bond acceptors (Lipinski definition) is 4. The highest BCUT2D eigenvalue weighted by Crippen LogP contribution is 2.23. The predicted octanol–water partition coefficient (Wildman–Crippen LogP) is 4.44. The second-order valence-corrected chi connectivity index (χ2v) is 7.30. The fourth-order valence-electron chi connectivity index (χ4n) is 2.59. The first kappa shape index (κ1) is 16.7. The second-order valence-electron chi connectivity index (χ2n) is 5.54. The third kappa shape index (κ3) is 3.07. The lowest BCUT2D eigenvalue weighted by atomic mass is 10.2. The molecule has 2 aromatic heterocycles. The van der Waals surface area contributed by atoms with Gasteiger partial charge in [0.05, 0.1) is 5.69 Å². The summed E-state index contributed by atoms with van der Waals surface area (Å²) >= 11 is 4.71. The summed E-state index contributed by atoms with van der Waals surface area (Å²) in [6.45, 7) is 0. The third-order valence-electron chi connectivity index (χ3n) is 3.86. The van der Waals surface area contributed by atoms with Crippen molar-refractivity contribution in [1.82, 2.24) is 9.38 Å². The van der Waals surface area contributed by atoms with Crippen LogP contribution in [0.2, 0.25) is 0 Å². The molecule has 0 unspecified atom stereocenters. The molecule has 0 spiro atoms. The van der Waals surface area contributed by atoms with Crippen LogP contribution in [0.25, 0.3) is 16.2 Å². The molecular formula is C19H12BrN3O2S. The number of anilines is 1. The van der Waals surface area contributed by atoms with Crippen molar-refractivity contribution in [1.29, 1.82) is 0 Å². The van der Waals surface area contributed by atoms with Crippen LogP contribution in [0.3, 0.4) is 0 Å². The van der Waals surface area contributed by atoms with E-state index in [0.717, 1.165) is 15.7 Å². The summed E-state index contributed by atoms with van der Waals surface area (Å²) < 4.78 is 2.39. The lowest BCUT2D eigenvalue weighted by molar-refractivity contribution is 0.102. The minimum Gasteiger partial charge on any atom is -0.322 e. The number of carbonyl (C=O) groups is 1. The molecule has 128 valence electrons. The van der Waals surface area contributed by atoms with Crippen molar-refractivity contribution < 1.29 is 4.79 Å². The van der Waals surface area contributed by atoms with E-state index in [1.807, 2.05) is 47.8 Å². The maximum atomic E-state index is 12.9. The van der Waals surface area contributed by atoms with E-state index in [2.05, 4.69) is 26.2 Å². The lowest BCUT2D eigenvalue weighted by Crippen LogP contribution is -2.26. The second kappa shape index (κ2) is 6.86. The average molecular weight is 426 g/mol. The van der Waals surface area contributed by atoms with E-state index in [4.69, 9.17) is 0 Å². The van der Waals surface area contributed by atoms with Crippen LogP contribution in [0.4, 0.5) is 5.69 Å². The molecule has 2 heterocycles. The monoisotopic (exact) mass is 425 g/mol. The zero-order valence-electron chi connectivity index (χ0n) is 13.3. The van der Waals surface area contributed by atoms with Crippen LogP contribution >= 0.6 is 27.3 Å². The first-order valence-electron chi connectivity index (χ1n) is 7.75. The van der Waals surface area contributed by atoms with Gasteiger partial charge in [-0.2, -0.15) is 0 Å². The molecule has 1 amide bonds. The van der Waals surface area contributed by atoms with E-state index in [1.54, 1.807) is 12.1 Å². The number of aromatic nitrogens is 2. The van der Waals surface area contributed by atoms with Gasteiger partial charge in [0, 0.05) is 21.7 Å². The summed E-state index contributed by atoms with van der Waals surface area (Å²) in [5.41, 5.74) is 1.84. The first-order valence-corrected chi connectivity index (χ1v) is 9.42. The molecule has 0 saturated heterocycles. The minimum absolute atomic E-state index is 0.000926. The molecule has 0 saturated carbocycles. The molecule has 0 aliphatic carbocycles. The number of amides is 1. The highest BCUT2D eigenvalue weighted by atomic mass is 79.9. The summed E-state index contributed by atoms with van der Waals surface area (Å²) in [4.78, 5) is 30.3. The smallest absolute Gasteiger partial charge is 0.271 e. The fraction of sp³-hybridized carbons (Fsp3) is 0. The zero-order valence-corrected chi connectivity index (χ0v) is 15.8. The van der Waals surface area contributed by atoms with Crippen LogP contribution in [0.5, 0.6) is 0 Å². The van der Waals surface area contributed by atoms with Gasteiger partial charge in [-0.15, -0.1) is 11.3 Å². The van der Waals surface area contributed by atoms with Gasteiger partial charge in [-0.1, -0.05) is 46.3 Å². The summed E-state index contributed by atoms with van der Waals surface area (Å²) in [5.74, 6) is -0.482. The number of carbonyl (C=O) groups excluding carboxylic acids is 1. The van der Waals surface area contributed by atoms with E-state index in [0.29, 0.717) is 10.6 Å². The predicted molar refractivity (Wildman–Crippen MR) is 107 cm³/mol. The Morgan fingerprint density at radius 2 is 1.81 bits per heavy atom. The summed E-state index contributed by atoms with van der Waals surface area (Å²) in [5, 5.41) is 4.60. The lowest BCUT2D eigenvalue weighted by Gasteiger charge is -2.06. The summed E-state index contributed by atoms with van der Waals surface area (Å²) in [6.07, 6.45) is 1.33. The van der Waals surface area contributed by atoms with E-state index in [9.17, 15) is 9.59 Å².